The van der Waals surface area contributed by atoms with E-state index >= 15 is 0 Å². The number of ether oxygens (including phenoxy) is 2. The zero-order valence-electron chi connectivity index (χ0n) is 51.1. The molecule has 4 unspecified atom stereocenters. The average molecular weight is 1130 g/mol. The molecule has 2 amide bonds. The molecule has 4 rings (SSSR count). The normalized spacial score (nSPS) is 12.5. The number of hydrogen-bond donors (Lipinski definition) is 5. The number of rotatable bonds is 32. The molecule has 0 aliphatic rings. The monoisotopic (exact) mass is 1130 g/mol. The molecule has 0 saturated carbocycles. The Hall–Kier alpha value is -6.78. The first-order chi connectivity index (χ1) is 38.8. The number of nitrogens with one attached hydrogen (secondary N) is 2. The van der Waals surface area contributed by atoms with Crippen LogP contribution in [0.5, 0.6) is 11.8 Å². The predicted molar refractivity (Wildman–Crippen MR) is 325 cm³/mol. The second-order valence-corrected chi connectivity index (χ2v) is 21.0. The highest BCUT2D eigenvalue weighted by atomic mass is 16.5. The first-order valence-electron chi connectivity index (χ1n) is 30.0. The maximum absolute atomic E-state index is 14.1. The smallest absolute Gasteiger partial charge is 0.343 e. The molecule has 0 spiro atoms. The van der Waals surface area contributed by atoms with E-state index in [1.54, 1.807) is 45.0 Å². The summed E-state index contributed by atoms with van der Waals surface area (Å²) in [5.41, 5.74) is 7.15. The van der Waals surface area contributed by atoms with Crippen molar-refractivity contribution in [1.29, 1.82) is 0 Å². The Labute approximate surface area is 482 Å². The largest absolute Gasteiger partial charge is 0.494 e. The van der Waals surface area contributed by atoms with Gasteiger partial charge in [-0.15, -0.1) is 10.2 Å². The number of aromatic amines is 2. The minimum absolute atomic E-state index is 0.00597. The van der Waals surface area contributed by atoms with Crippen molar-refractivity contribution in [2.24, 2.45) is 33.9 Å². The first-order valence-corrected chi connectivity index (χ1v) is 30.0. The third-order valence-electron chi connectivity index (χ3n) is 14.8. The standard InChI is InChI=1S/C32H48N4O5.C23H40N2O.C9H11NO4/c1-7-12-16-23(9-3)20-36(21-24(10-4)17-13-8-2)31(39)25-18-14-15-19-26(25)34-35-28-22(6)27(32(40)41-11-5)29(37)33-30(28)38;1-5-9-13-19(7-3)17-25(18-20(8-4)14-10-6-2)23(26)21-15-11-12-16-22(21)24;1-3-14-9(13)7-5(2)4-6(11)10-8(7)12/h14-15,18-19,23-24H,7-13,16-17,20-21H2,1-6H3,(H2,33,37,38);11-12,15-16,19-20H,5-10,13-14,17-18,24H2,1-4H3;4H,3H2,1-2H3,(H2,10,11,12). The van der Waals surface area contributed by atoms with Crippen molar-refractivity contribution in [3.63, 3.8) is 0 Å². The molecule has 6 N–H and O–H groups in total. The molecular formula is C64H99N7O10. The number of H-pyrrole nitrogens is 2. The number of hydrogen-bond acceptors (Lipinski definition) is 13. The van der Waals surface area contributed by atoms with Gasteiger partial charge in [-0.25, -0.2) is 9.59 Å². The van der Waals surface area contributed by atoms with Crippen LogP contribution in [0.2, 0.25) is 0 Å². The van der Waals surface area contributed by atoms with E-state index in [1.165, 1.54) is 51.5 Å². The number of unbranched alkanes of at least 4 members (excludes halogenated alkanes) is 4. The second-order valence-electron chi connectivity index (χ2n) is 21.0. The fourth-order valence-corrected chi connectivity index (χ4v) is 9.68. The maximum Gasteiger partial charge on any atom is 0.343 e. The van der Waals surface area contributed by atoms with Crippen LogP contribution in [-0.2, 0) is 9.47 Å². The van der Waals surface area contributed by atoms with Crippen LogP contribution in [0.15, 0.2) is 74.4 Å². The van der Waals surface area contributed by atoms with Gasteiger partial charge in [0, 0.05) is 43.5 Å². The molecule has 0 saturated heterocycles. The number of aromatic nitrogens is 2. The highest BCUT2D eigenvalue weighted by molar-refractivity contribution is 6.00. The second kappa shape index (κ2) is 38.8. The number of esters is 2. The van der Waals surface area contributed by atoms with Gasteiger partial charge in [0.1, 0.15) is 11.1 Å². The van der Waals surface area contributed by atoms with Crippen LogP contribution in [0.4, 0.5) is 17.1 Å². The van der Waals surface area contributed by atoms with Gasteiger partial charge < -0.3 is 35.2 Å². The number of benzene rings is 2. The molecule has 450 valence electrons. The van der Waals surface area contributed by atoms with Gasteiger partial charge in [0.2, 0.25) is 11.8 Å². The third kappa shape index (κ3) is 23.3. The Morgan fingerprint density at radius 3 is 1.36 bits per heavy atom. The van der Waals surface area contributed by atoms with Crippen molar-refractivity contribution >= 4 is 40.8 Å². The molecule has 4 aromatic rings. The van der Waals surface area contributed by atoms with E-state index in [0.29, 0.717) is 64.8 Å². The first kappa shape index (κ1) is 70.3. The number of nitrogens with zero attached hydrogens (tertiary/aromatic N) is 4. The van der Waals surface area contributed by atoms with Gasteiger partial charge >= 0.3 is 11.9 Å². The van der Waals surface area contributed by atoms with Gasteiger partial charge in [-0.05, 0) is 107 Å². The number of nitrogen functional groups attached to an aromatic ring is 1. The van der Waals surface area contributed by atoms with Gasteiger partial charge in [0.25, 0.3) is 22.9 Å². The molecule has 0 bridgehead atoms. The number of anilines is 1. The van der Waals surface area contributed by atoms with Crippen LogP contribution >= 0.6 is 0 Å². The highest BCUT2D eigenvalue weighted by Crippen LogP contribution is 2.30. The van der Waals surface area contributed by atoms with E-state index in [9.17, 15) is 39.0 Å². The van der Waals surface area contributed by atoms with E-state index in [-0.39, 0.29) is 47.4 Å². The molecule has 4 atom stereocenters. The Morgan fingerprint density at radius 1 is 0.556 bits per heavy atom. The number of carbonyl (C=O) groups is 4. The lowest BCUT2D eigenvalue weighted by molar-refractivity contribution is 0.0511. The van der Waals surface area contributed by atoms with Crippen LogP contribution in [0, 0.1) is 37.5 Å². The number of pyridine rings is 2. The number of aromatic hydroxyl groups is 2. The zero-order valence-corrected chi connectivity index (χ0v) is 51.1. The summed E-state index contributed by atoms with van der Waals surface area (Å²) < 4.78 is 9.72. The van der Waals surface area contributed by atoms with Crippen LogP contribution in [0.1, 0.15) is 225 Å². The van der Waals surface area contributed by atoms with Crippen molar-refractivity contribution in [2.75, 3.05) is 45.1 Å². The Balaban J connectivity index is 0.000000473. The summed E-state index contributed by atoms with van der Waals surface area (Å²) in [4.78, 5) is 83.0. The lowest BCUT2D eigenvalue weighted by Gasteiger charge is -2.31. The van der Waals surface area contributed by atoms with E-state index in [0.717, 1.165) is 77.3 Å². The summed E-state index contributed by atoms with van der Waals surface area (Å²) in [6.07, 6.45) is 18.2. The molecule has 2 heterocycles. The molecule has 0 fully saturated rings. The predicted octanol–water partition coefficient (Wildman–Crippen LogP) is 14.6. The summed E-state index contributed by atoms with van der Waals surface area (Å²) in [5.74, 6) is -0.471. The summed E-state index contributed by atoms with van der Waals surface area (Å²) in [6, 6.07) is 15.7. The molecule has 2 aromatic heterocycles. The Kier molecular flexibility index (Phi) is 33.7. The van der Waals surface area contributed by atoms with Gasteiger partial charge in [0.05, 0.1) is 30.0 Å². The minimum atomic E-state index is -0.775. The van der Waals surface area contributed by atoms with E-state index < -0.39 is 34.8 Å². The summed E-state index contributed by atoms with van der Waals surface area (Å²) >= 11 is 0. The quantitative estimate of drug-likeness (QED) is 0.0175. The SMILES string of the molecule is CCCCC(CC)CN(CC(CC)CCCC)C(=O)c1ccccc1N.CCCCC(CC)CN(CC(CC)CCCC)C(=O)c1ccccc1N=Nc1c(C)c(C(=O)OCC)c(O)[nH]c1=O.CCOC(=O)c1c(C)cc(=O)[nH]c1O. The molecule has 2 aromatic carbocycles. The molecule has 0 aliphatic heterocycles. The van der Waals surface area contributed by atoms with Crippen LogP contribution < -0.4 is 16.9 Å². The number of azo groups is 1. The zero-order chi connectivity index (χ0) is 60.4. The molecular weight excluding hydrogens is 1030 g/mol. The number of aryl methyl sites for hydroxylation is 1. The summed E-state index contributed by atoms with van der Waals surface area (Å²) in [5, 5.41) is 27.9. The highest BCUT2D eigenvalue weighted by Gasteiger charge is 2.27. The lowest BCUT2D eigenvalue weighted by Crippen LogP contribution is -2.39. The van der Waals surface area contributed by atoms with Gasteiger partial charge in [-0.3, -0.25) is 29.1 Å². The van der Waals surface area contributed by atoms with Gasteiger partial charge in [-0.2, -0.15) is 0 Å². The van der Waals surface area contributed by atoms with Crippen molar-refractivity contribution in [2.45, 2.75) is 186 Å². The Bertz CT molecular complexity index is 2620. The van der Waals surface area contributed by atoms with Crippen LogP contribution in [0.25, 0.3) is 0 Å². The van der Waals surface area contributed by atoms with Crippen molar-refractivity contribution < 1.29 is 38.9 Å². The molecule has 81 heavy (non-hydrogen) atoms. The lowest BCUT2D eigenvalue weighted by atomic mass is 9.95. The number of amides is 2. The van der Waals surface area contributed by atoms with E-state index in [2.05, 4.69) is 80.5 Å². The van der Waals surface area contributed by atoms with Crippen molar-refractivity contribution in [3.05, 3.63) is 109 Å². The molecule has 17 nitrogen and oxygen atoms in total. The fraction of sp³-hybridized carbons (Fsp3) is 0.594. The number of carbonyl (C=O) groups excluding carboxylic acids is 4. The van der Waals surface area contributed by atoms with Crippen molar-refractivity contribution in [3.8, 4) is 11.8 Å². The fourth-order valence-electron chi connectivity index (χ4n) is 9.68. The minimum Gasteiger partial charge on any atom is -0.494 e. The number of nitrogens with two attached hydrogens (primary N) is 1. The third-order valence-corrected chi connectivity index (χ3v) is 14.8. The maximum atomic E-state index is 14.1. The molecule has 0 radical (unpaired) electrons. The van der Waals surface area contributed by atoms with E-state index in [1.807, 2.05) is 29.2 Å². The van der Waals surface area contributed by atoms with Crippen LogP contribution in [0.3, 0.4) is 0 Å². The van der Waals surface area contributed by atoms with Crippen molar-refractivity contribution in [1.82, 2.24) is 19.8 Å². The molecule has 0 aliphatic carbocycles. The topological polar surface area (TPSA) is 250 Å². The molecule has 17 heteroatoms. The number of para-hydroxylation sites is 1. The van der Waals surface area contributed by atoms with Gasteiger partial charge in [-0.1, -0.05) is 157 Å². The average Bonchev–Trinajstić information content (AvgIpc) is 3.50. The Morgan fingerprint density at radius 2 is 0.951 bits per heavy atom. The summed E-state index contributed by atoms with van der Waals surface area (Å²) in [6.45, 7) is 27.5. The van der Waals surface area contributed by atoms with Gasteiger partial charge in [0.15, 0.2) is 5.69 Å². The van der Waals surface area contributed by atoms with Crippen LogP contribution in [-0.4, -0.2) is 93.1 Å². The summed E-state index contributed by atoms with van der Waals surface area (Å²) in [7, 11) is 0. The van der Waals surface area contributed by atoms with E-state index in [4.69, 9.17) is 15.2 Å².